The highest BCUT2D eigenvalue weighted by Gasteiger charge is 2.28. The van der Waals surface area contributed by atoms with Crippen LogP contribution in [0.25, 0.3) is 11.1 Å². The highest BCUT2D eigenvalue weighted by Crippen LogP contribution is 2.43. The summed E-state index contributed by atoms with van der Waals surface area (Å²) in [4.78, 5) is 29.8. The number of hydrogen-bond donors (Lipinski definition) is 0. The van der Waals surface area contributed by atoms with E-state index in [0.29, 0.717) is 54.1 Å². The van der Waals surface area contributed by atoms with Crippen molar-refractivity contribution < 1.29 is 28.5 Å². The van der Waals surface area contributed by atoms with Crippen LogP contribution in [0.5, 0.6) is 11.5 Å². The zero-order chi connectivity index (χ0) is 25.9. The van der Waals surface area contributed by atoms with Gasteiger partial charge in [-0.2, -0.15) is 0 Å². The van der Waals surface area contributed by atoms with Crippen LogP contribution in [0.3, 0.4) is 0 Å². The fourth-order valence-electron chi connectivity index (χ4n) is 3.66. The molecule has 7 nitrogen and oxygen atoms in total. The van der Waals surface area contributed by atoms with Crippen molar-refractivity contribution in [2.45, 2.75) is 20.5 Å². The van der Waals surface area contributed by atoms with E-state index in [9.17, 15) is 9.59 Å². The number of carbonyl (C=O) groups excluding carboxylic acids is 2. The van der Waals surface area contributed by atoms with Crippen molar-refractivity contribution in [2.24, 2.45) is 0 Å². The molecule has 0 aliphatic carbocycles. The normalized spacial score (nSPS) is 10.6. The molecule has 0 aliphatic heterocycles. The Hall–Kier alpha value is -2.81. The van der Waals surface area contributed by atoms with Gasteiger partial charge in [0.1, 0.15) is 6.61 Å². The van der Waals surface area contributed by atoms with E-state index in [2.05, 4.69) is 20.9 Å². The average molecular weight is 583 g/mol. The summed E-state index contributed by atoms with van der Waals surface area (Å²) < 4.78 is 22.1. The standard InChI is InChI=1S/C25H22BrCl2NO6/c1-12-20(24(30)33-4)22(21(13(2)29-12)25(31)34-5)14-9-16(26)23(19(10-14)32-3)35-11-15-17(27)7-6-8-18(15)28/h6-10H,11H2,1-5H3. The number of esters is 2. The maximum atomic E-state index is 12.7. The van der Waals surface area contributed by atoms with Gasteiger partial charge in [0.05, 0.1) is 48.3 Å². The Morgan fingerprint density at radius 2 is 1.49 bits per heavy atom. The van der Waals surface area contributed by atoms with Crippen molar-refractivity contribution in [3.8, 4) is 22.6 Å². The van der Waals surface area contributed by atoms with Crippen LogP contribution < -0.4 is 9.47 Å². The maximum Gasteiger partial charge on any atom is 0.340 e. The van der Waals surface area contributed by atoms with E-state index in [0.717, 1.165) is 0 Å². The Morgan fingerprint density at radius 1 is 0.943 bits per heavy atom. The molecule has 1 aromatic heterocycles. The molecule has 0 bridgehead atoms. The second-order valence-corrected chi connectivity index (χ2v) is 9.04. The van der Waals surface area contributed by atoms with Crippen LogP contribution in [-0.4, -0.2) is 38.3 Å². The highest BCUT2D eigenvalue weighted by molar-refractivity contribution is 9.10. The fraction of sp³-hybridized carbons (Fsp3) is 0.240. The first-order valence-electron chi connectivity index (χ1n) is 10.3. The summed E-state index contributed by atoms with van der Waals surface area (Å²) in [6.45, 7) is 3.42. The van der Waals surface area contributed by atoms with E-state index in [1.807, 2.05) is 0 Å². The van der Waals surface area contributed by atoms with Gasteiger partial charge in [-0.25, -0.2) is 9.59 Å². The van der Waals surface area contributed by atoms with Crippen LogP contribution in [0.15, 0.2) is 34.8 Å². The molecular weight excluding hydrogens is 561 g/mol. The van der Waals surface area contributed by atoms with E-state index in [4.69, 9.17) is 42.1 Å². The molecule has 0 amide bonds. The number of aryl methyl sites for hydroxylation is 2. The van der Waals surface area contributed by atoms with Crippen molar-refractivity contribution in [1.82, 2.24) is 4.98 Å². The quantitative estimate of drug-likeness (QED) is 0.290. The molecule has 0 N–H and O–H groups in total. The van der Waals surface area contributed by atoms with E-state index < -0.39 is 11.9 Å². The van der Waals surface area contributed by atoms with Crippen LogP contribution in [0, 0.1) is 13.8 Å². The Balaban J connectivity index is 2.20. The summed E-state index contributed by atoms with van der Waals surface area (Å²) in [5.74, 6) is -0.553. The van der Waals surface area contributed by atoms with Crippen LogP contribution in [0.1, 0.15) is 37.7 Å². The number of aromatic nitrogens is 1. The summed E-state index contributed by atoms with van der Waals surface area (Å²) in [7, 11) is 4.00. The van der Waals surface area contributed by atoms with Crippen LogP contribution >= 0.6 is 39.1 Å². The monoisotopic (exact) mass is 581 g/mol. The lowest BCUT2D eigenvalue weighted by Crippen LogP contribution is -2.16. The lowest BCUT2D eigenvalue weighted by atomic mass is 9.92. The summed E-state index contributed by atoms with van der Waals surface area (Å²) in [6, 6.07) is 8.55. The third-order valence-corrected chi connectivity index (χ3v) is 6.58. The topological polar surface area (TPSA) is 84.0 Å². The molecular formula is C25H22BrCl2NO6. The first-order valence-corrected chi connectivity index (χ1v) is 11.8. The molecule has 0 aliphatic rings. The molecule has 3 rings (SSSR count). The van der Waals surface area contributed by atoms with Crippen molar-refractivity contribution in [1.29, 1.82) is 0 Å². The first kappa shape index (κ1) is 26.8. The van der Waals surface area contributed by atoms with Gasteiger partial charge >= 0.3 is 11.9 Å². The number of ether oxygens (including phenoxy) is 4. The van der Waals surface area contributed by atoms with Gasteiger partial charge in [0.25, 0.3) is 0 Å². The van der Waals surface area contributed by atoms with Crippen molar-refractivity contribution >= 4 is 51.1 Å². The smallest absolute Gasteiger partial charge is 0.340 e. The fourth-order valence-corrected chi connectivity index (χ4v) is 4.72. The second kappa shape index (κ2) is 11.3. The lowest BCUT2D eigenvalue weighted by Gasteiger charge is -2.19. The number of pyridine rings is 1. The SMILES string of the molecule is COC(=O)c1c(C)nc(C)c(C(=O)OC)c1-c1cc(Br)c(OCc2c(Cl)cccc2Cl)c(OC)c1. The zero-order valence-corrected chi connectivity index (χ0v) is 22.7. The Labute approximate surface area is 221 Å². The zero-order valence-electron chi connectivity index (χ0n) is 19.6. The van der Waals surface area contributed by atoms with E-state index in [-0.39, 0.29) is 17.7 Å². The molecule has 3 aromatic rings. The Kier molecular flexibility index (Phi) is 8.64. The van der Waals surface area contributed by atoms with Crippen molar-refractivity contribution in [2.75, 3.05) is 21.3 Å². The molecule has 0 radical (unpaired) electrons. The van der Waals surface area contributed by atoms with Crippen molar-refractivity contribution in [3.05, 3.63) is 72.9 Å². The average Bonchev–Trinajstić information content (AvgIpc) is 2.82. The lowest BCUT2D eigenvalue weighted by molar-refractivity contribution is 0.0599. The van der Waals surface area contributed by atoms with Gasteiger partial charge in [-0.1, -0.05) is 29.3 Å². The molecule has 0 saturated heterocycles. The van der Waals surface area contributed by atoms with Gasteiger partial charge in [0, 0.05) is 21.2 Å². The number of rotatable bonds is 7. The van der Waals surface area contributed by atoms with Crippen LogP contribution in [-0.2, 0) is 16.1 Å². The van der Waals surface area contributed by atoms with Gasteiger partial charge in [0.2, 0.25) is 0 Å². The third kappa shape index (κ3) is 5.39. The largest absolute Gasteiger partial charge is 0.493 e. The number of benzene rings is 2. The molecule has 1 heterocycles. The molecule has 2 aromatic carbocycles. The number of nitrogens with zero attached hydrogens (tertiary/aromatic N) is 1. The number of hydrogen-bond acceptors (Lipinski definition) is 7. The summed E-state index contributed by atoms with van der Waals surface area (Å²) in [5, 5.41) is 0.940. The van der Waals surface area contributed by atoms with E-state index >= 15 is 0 Å². The van der Waals surface area contributed by atoms with Crippen LogP contribution in [0.2, 0.25) is 10.0 Å². The Bertz CT molecular complexity index is 1250. The molecule has 0 spiro atoms. The maximum absolute atomic E-state index is 12.7. The minimum Gasteiger partial charge on any atom is -0.493 e. The minimum atomic E-state index is -0.640. The minimum absolute atomic E-state index is 0.0844. The van der Waals surface area contributed by atoms with E-state index in [1.165, 1.54) is 21.3 Å². The van der Waals surface area contributed by atoms with Gasteiger partial charge in [-0.15, -0.1) is 0 Å². The number of halogens is 3. The van der Waals surface area contributed by atoms with E-state index in [1.54, 1.807) is 44.2 Å². The van der Waals surface area contributed by atoms with Gasteiger partial charge in [-0.05, 0) is 59.6 Å². The molecule has 0 fully saturated rings. The van der Waals surface area contributed by atoms with Gasteiger partial charge < -0.3 is 18.9 Å². The predicted molar refractivity (Wildman–Crippen MR) is 137 cm³/mol. The molecule has 0 atom stereocenters. The van der Waals surface area contributed by atoms with Crippen molar-refractivity contribution in [3.63, 3.8) is 0 Å². The summed E-state index contributed by atoms with van der Waals surface area (Å²) in [5.41, 5.74) is 2.52. The summed E-state index contributed by atoms with van der Waals surface area (Å²) in [6.07, 6.45) is 0. The molecule has 184 valence electrons. The van der Waals surface area contributed by atoms with Crippen LogP contribution in [0.4, 0.5) is 0 Å². The first-order chi connectivity index (χ1) is 16.6. The predicted octanol–water partition coefficient (Wildman–Crippen LogP) is 6.60. The molecule has 35 heavy (non-hydrogen) atoms. The third-order valence-electron chi connectivity index (χ3n) is 5.28. The Morgan fingerprint density at radius 3 is 1.97 bits per heavy atom. The van der Waals surface area contributed by atoms with Gasteiger partial charge in [-0.3, -0.25) is 4.98 Å². The molecule has 0 unspecified atom stereocenters. The summed E-state index contributed by atoms with van der Waals surface area (Å²) >= 11 is 16.1. The van der Waals surface area contributed by atoms with Gasteiger partial charge in [0.15, 0.2) is 11.5 Å². The number of carbonyl (C=O) groups is 2. The molecule has 10 heteroatoms. The second-order valence-electron chi connectivity index (χ2n) is 7.37. The molecule has 0 saturated carbocycles. The number of methoxy groups -OCH3 is 3. The highest BCUT2D eigenvalue weighted by atomic mass is 79.9.